The molecule has 0 saturated heterocycles. The fourth-order valence-electron chi connectivity index (χ4n) is 1.67. The Morgan fingerprint density at radius 1 is 1.26 bits per heavy atom. The summed E-state index contributed by atoms with van der Waals surface area (Å²) in [6.07, 6.45) is 0. The average Bonchev–Trinajstić information content (AvgIpc) is 2.47. The van der Waals surface area contributed by atoms with Gasteiger partial charge in [0.15, 0.2) is 0 Å². The average molecular weight is 342 g/mol. The molecule has 0 fully saturated rings. The number of hydrogen-bond acceptors (Lipinski definition) is 5. The number of aromatic nitrogens is 1. The Morgan fingerprint density at radius 2 is 2.00 bits per heavy atom. The summed E-state index contributed by atoms with van der Waals surface area (Å²) in [5.41, 5.74) is 0.292. The maximum atomic E-state index is 13.6. The molecule has 0 aliphatic carbocycles. The summed E-state index contributed by atoms with van der Waals surface area (Å²) in [7, 11) is -4.35. The van der Waals surface area contributed by atoms with E-state index in [0.29, 0.717) is 17.8 Å². The first-order valence-corrected chi connectivity index (χ1v) is 7.83. The highest BCUT2D eigenvalue weighted by Gasteiger charge is 2.20. The molecule has 0 unspecified atom stereocenters. The zero-order valence-corrected chi connectivity index (χ0v) is 12.7. The molecule has 0 aliphatic rings. The molecule has 122 valence electrons. The van der Waals surface area contributed by atoms with Crippen molar-refractivity contribution in [3.63, 3.8) is 0 Å². The van der Waals surface area contributed by atoms with Crippen molar-refractivity contribution in [2.24, 2.45) is 0 Å². The number of carbonyl (C=O) groups is 1. The van der Waals surface area contributed by atoms with Gasteiger partial charge in [0, 0.05) is 6.92 Å². The lowest BCUT2D eigenvalue weighted by molar-refractivity contribution is -0.142. The topological polar surface area (TPSA) is 85.4 Å². The maximum absolute atomic E-state index is 13.6. The van der Waals surface area contributed by atoms with E-state index in [-0.39, 0.29) is 12.4 Å². The molecule has 0 radical (unpaired) electrons. The van der Waals surface area contributed by atoms with Crippen LogP contribution in [0.5, 0.6) is 0 Å². The van der Waals surface area contributed by atoms with Crippen LogP contribution in [0.15, 0.2) is 41.3 Å². The van der Waals surface area contributed by atoms with Gasteiger partial charge in [0.05, 0.1) is 5.69 Å². The summed E-state index contributed by atoms with van der Waals surface area (Å²) in [5, 5.41) is 0. The summed E-state index contributed by atoms with van der Waals surface area (Å²) >= 11 is 0. The number of nitrogens with zero attached hydrogens (tertiary/aromatic N) is 1. The van der Waals surface area contributed by atoms with E-state index in [1.54, 1.807) is 0 Å². The van der Waals surface area contributed by atoms with Gasteiger partial charge in [-0.05, 0) is 30.3 Å². The van der Waals surface area contributed by atoms with Gasteiger partial charge in [-0.2, -0.15) is 0 Å². The van der Waals surface area contributed by atoms with Gasteiger partial charge in [-0.15, -0.1) is 0 Å². The van der Waals surface area contributed by atoms with E-state index in [1.165, 1.54) is 25.1 Å². The molecule has 0 atom stereocenters. The van der Waals surface area contributed by atoms with Crippen LogP contribution in [0.25, 0.3) is 0 Å². The predicted octanol–water partition coefficient (Wildman–Crippen LogP) is 2.22. The first-order valence-electron chi connectivity index (χ1n) is 6.35. The minimum Gasteiger partial charge on any atom is -0.459 e. The SMILES string of the molecule is CC(=O)OCc1cccc(NS(=O)(=O)c2cc(F)ccc2F)n1. The van der Waals surface area contributed by atoms with E-state index >= 15 is 0 Å². The first-order chi connectivity index (χ1) is 10.8. The zero-order chi connectivity index (χ0) is 17.0. The van der Waals surface area contributed by atoms with Crippen molar-refractivity contribution in [2.45, 2.75) is 18.4 Å². The van der Waals surface area contributed by atoms with Gasteiger partial charge >= 0.3 is 5.97 Å². The standard InChI is InChI=1S/C14H12F2N2O4S/c1-9(19)22-8-11-3-2-4-14(17-11)18-23(20,21)13-7-10(15)5-6-12(13)16/h2-7H,8H2,1H3,(H,17,18). The van der Waals surface area contributed by atoms with E-state index in [1.807, 2.05) is 4.72 Å². The van der Waals surface area contributed by atoms with Crippen LogP contribution in [0.4, 0.5) is 14.6 Å². The molecule has 2 aromatic rings. The number of anilines is 1. The molecule has 1 heterocycles. The van der Waals surface area contributed by atoms with Crippen molar-refractivity contribution < 1.29 is 26.7 Å². The van der Waals surface area contributed by atoms with Crippen LogP contribution in [0.1, 0.15) is 12.6 Å². The van der Waals surface area contributed by atoms with Crippen molar-refractivity contribution >= 4 is 21.8 Å². The summed E-state index contributed by atoms with van der Waals surface area (Å²) in [6.45, 7) is 1.08. The highest BCUT2D eigenvalue weighted by molar-refractivity contribution is 7.92. The molecular weight excluding hydrogens is 330 g/mol. The highest BCUT2D eigenvalue weighted by atomic mass is 32.2. The van der Waals surface area contributed by atoms with Gasteiger partial charge in [0.1, 0.15) is 29.0 Å². The van der Waals surface area contributed by atoms with Crippen LogP contribution in [0, 0.1) is 11.6 Å². The molecule has 0 bridgehead atoms. The van der Waals surface area contributed by atoms with Crippen LogP contribution in [0.2, 0.25) is 0 Å². The minimum atomic E-state index is -4.35. The minimum absolute atomic E-state index is 0.113. The second-order valence-corrected chi connectivity index (χ2v) is 6.13. The van der Waals surface area contributed by atoms with Crippen LogP contribution in [-0.2, 0) is 26.2 Å². The summed E-state index contributed by atoms with van der Waals surface area (Å²) in [4.78, 5) is 13.8. The summed E-state index contributed by atoms with van der Waals surface area (Å²) < 4.78 is 57.7. The Balaban J connectivity index is 2.25. The van der Waals surface area contributed by atoms with Crippen LogP contribution in [-0.4, -0.2) is 19.4 Å². The highest BCUT2D eigenvalue weighted by Crippen LogP contribution is 2.19. The zero-order valence-electron chi connectivity index (χ0n) is 11.9. The van der Waals surface area contributed by atoms with Crippen LogP contribution < -0.4 is 4.72 Å². The number of nitrogens with one attached hydrogen (secondary N) is 1. The Kier molecular flexibility index (Phi) is 4.89. The Morgan fingerprint density at radius 3 is 2.70 bits per heavy atom. The lowest BCUT2D eigenvalue weighted by Gasteiger charge is -2.09. The van der Waals surface area contributed by atoms with Gasteiger partial charge in [-0.1, -0.05) is 6.07 Å². The number of halogens is 2. The van der Waals surface area contributed by atoms with Crippen molar-refractivity contribution in [1.82, 2.24) is 4.98 Å². The molecule has 23 heavy (non-hydrogen) atoms. The molecule has 1 aromatic carbocycles. The van der Waals surface area contributed by atoms with Crippen LogP contribution >= 0.6 is 0 Å². The predicted molar refractivity (Wildman–Crippen MR) is 76.9 cm³/mol. The van der Waals surface area contributed by atoms with Gasteiger partial charge in [-0.25, -0.2) is 22.2 Å². The molecule has 0 spiro atoms. The third-order valence-electron chi connectivity index (χ3n) is 2.65. The Labute approximate surface area is 131 Å². The van der Waals surface area contributed by atoms with Gasteiger partial charge in [-0.3, -0.25) is 9.52 Å². The number of benzene rings is 1. The van der Waals surface area contributed by atoms with Crippen molar-refractivity contribution in [3.8, 4) is 0 Å². The van der Waals surface area contributed by atoms with Crippen molar-refractivity contribution in [3.05, 3.63) is 53.7 Å². The Bertz CT molecular complexity index is 840. The van der Waals surface area contributed by atoms with E-state index in [4.69, 9.17) is 4.74 Å². The van der Waals surface area contributed by atoms with E-state index in [9.17, 15) is 22.0 Å². The number of rotatable bonds is 5. The fourth-order valence-corrected chi connectivity index (χ4v) is 2.76. The van der Waals surface area contributed by atoms with E-state index in [0.717, 1.165) is 6.07 Å². The largest absolute Gasteiger partial charge is 0.459 e. The van der Waals surface area contributed by atoms with Gasteiger partial charge in [0.2, 0.25) is 0 Å². The lowest BCUT2D eigenvalue weighted by atomic mass is 10.3. The van der Waals surface area contributed by atoms with Crippen molar-refractivity contribution in [1.29, 1.82) is 0 Å². The van der Waals surface area contributed by atoms with Crippen LogP contribution in [0.3, 0.4) is 0 Å². The molecular formula is C14H12F2N2O4S. The van der Waals surface area contributed by atoms with Gasteiger partial charge in [0.25, 0.3) is 10.0 Å². The summed E-state index contributed by atoms with van der Waals surface area (Å²) in [6, 6.07) is 6.42. The molecule has 0 aliphatic heterocycles. The van der Waals surface area contributed by atoms with Crippen molar-refractivity contribution in [2.75, 3.05) is 4.72 Å². The third-order valence-corrected chi connectivity index (χ3v) is 4.02. The fraction of sp³-hybridized carbons (Fsp3) is 0.143. The lowest BCUT2D eigenvalue weighted by Crippen LogP contribution is -2.16. The monoisotopic (exact) mass is 342 g/mol. The number of ether oxygens (including phenoxy) is 1. The molecule has 0 amide bonds. The van der Waals surface area contributed by atoms with E-state index in [2.05, 4.69) is 4.98 Å². The number of sulfonamides is 1. The quantitative estimate of drug-likeness (QED) is 0.842. The van der Waals surface area contributed by atoms with Gasteiger partial charge < -0.3 is 4.74 Å². The normalized spacial score (nSPS) is 11.1. The second kappa shape index (κ2) is 6.69. The molecule has 0 saturated carbocycles. The molecule has 6 nitrogen and oxygen atoms in total. The number of carbonyl (C=O) groups excluding carboxylic acids is 1. The molecule has 9 heteroatoms. The van der Waals surface area contributed by atoms with E-state index < -0.39 is 32.5 Å². The maximum Gasteiger partial charge on any atom is 0.303 e. The number of esters is 1. The smallest absolute Gasteiger partial charge is 0.303 e. The second-order valence-electron chi connectivity index (χ2n) is 4.47. The number of hydrogen-bond donors (Lipinski definition) is 1. The molecule has 1 aromatic heterocycles. The molecule has 1 N–H and O–H groups in total. The summed E-state index contributed by atoms with van der Waals surface area (Å²) in [5.74, 6) is -2.60. The first kappa shape index (κ1) is 16.8. The Hall–Kier alpha value is -2.55. The number of pyridine rings is 1. The molecule has 2 rings (SSSR count). The third kappa shape index (κ3) is 4.46.